The van der Waals surface area contributed by atoms with E-state index in [-0.39, 0.29) is 0 Å². The smallest absolute Gasteiger partial charge is 0.225 e. The molecule has 4 heterocycles. The summed E-state index contributed by atoms with van der Waals surface area (Å²) < 4.78 is 6.58. The summed E-state index contributed by atoms with van der Waals surface area (Å²) in [5.41, 5.74) is 5.73. The standard InChI is InChI=1S/C39H24N6S3.C2H6/c1-4-10-25(11-5-1)46-28-16-19-31-34(22-28)43-37(40-31)44-36-24-30(48-27-14-8-3-9-15-27)18-21-33(36)42-39(44)45-35-23-29(17-20-32(35)41-38(43)45)47-26-12-6-2-7-13-26;1-2/h1-24H;1-2H3. The van der Waals surface area contributed by atoms with E-state index < -0.39 is 0 Å². The Morgan fingerprint density at radius 2 is 0.620 bits per heavy atom. The lowest BCUT2D eigenvalue weighted by molar-refractivity contribution is 1.01. The summed E-state index contributed by atoms with van der Waals surface area (Å²) in [7, 11) is 0. The van der Waals surface area contributed by atoms with Crippen LogP contribution in [-0.4, -0.2) is 28.2 Å². The van der Waals surface area contributed by atoms with Crippen molar-refractivity contribution in [2.45, 2.75) is 43.2 Å². The number of aromatic nitrogens is 6. The molecule has 0 unspecified atom stereocenters. The molecule has 6 nitrogen and oxygen atoms in total. The second kappa shape index (κ2) is 12.9. The van der Waals surface area contributed by atoms with Crippen molar-refractivity contribution in [1.29, 1.82) is 0 Å². The molecule has 50 heavy (non-hydrogen) atoms. The van der Waals surface area contributed by atoms with Crippen LogP contribution in [0, 0.1) is 0 Å². The molecule has 0 aliphatic heterocycles. The van der Waals surface area contributed by atoms with Crippen molar-refractivity contribution < 1.29 is 0 Å². The molecule has 4 aromatic heterocycles. The van der Waals surface area contributed by atoms with Gasteiger partial charge in [0.25, 0.3) is 0 Å². The maximum Gasteiger partial charge on any atom is 0.225 e. The fraction of sp³-hybridized carbons (Fsp3) is 0.0488. The van der Waals surface area contributed by atoms with Gasteiger partial charge in [0.05, 0.1) is 33.1 Å². The summed E-state index contributed by atoms with van der Waals surface area (Å²) in [4.78, 5) is 22.7. The monoisotopic (exact) mass is 702 g/mol. The normalized spacial score (nSPS) is 11.6. The zero-order valence-electron chi connectivity index (χ0n) is 27.3. The first-order valence-electron chi connectivity index (χ1n) is 16.5. The largest absolute Gasteiger partial charge is 0.247 e. The van der Waals surface area contributed by atoms with Crippen LogP contribution in [0.25, 0.3) is 50.4 Å². The summed E-state index contributed by atoms with van der Waals surface area (Å²) in [5, 5.41) is 0. The third-order valence-corrected chi connectivity index (χ3v) is 11.4. The lowest BCUT2D eigenvalue weighted by atomic mass is 10.3. The zero-order valence-corrected chi connectivity index (χ0v) is 29.7. The van der Waals surface area contributed by atoms with E-state index in [9.17, 15) is 0 Å². The van der Waals surface area contributed by atoms with Crippen LogP contribution in [0.5, 0.6) is 0 Å². The van der Waals surface area contributed by atoms with Crippen molar-refractivity contribution >= 4 is 85.7 Å². The van der Waals surface area contributed by atoms with Gasteiger partial charge in [-0.3, -0.25) is 0 Å². The maximum absolute atomic E-state index is 5.23. The first-order valence-corrected chi connectivity index (χ1v) is 19.0. The molecule has 0 bridgehead atoms. The predicted octanol–water partition coefficient (Wildman–Crippen LogP) is 11.6. The van der Waals surface area contributed by atoms with Crippen LogP contribution < -0.4 is 0 Å². The first kappa shape index (κ1) is 30.8. The Labute approximate surface area is 301 Å². The minimum atomic E-state index is 0.785. The molecular formula is C41H30N6S3. The van der Waals surface area contributed by atoms with E-state index in [0.29, 0.717) is 0 Å². The van der Waals surface area contributed by atoms with Gasteiger partial charge >= 0.3 is 0 Å². The van der Waals surface area contributed by atoms with Crippen molar-refractivity contribution in [2.24, 2.45) is 0 Å². The summed E-state index contributed by atoms with van der Waals surface area (Å²) in [6.45, 7) is 4.00. The van der Waals surface area contributed by atoms with Gasteiger partial charge in [-0.15, -0.1) is 0 Å². The van der Waals surface area contributed by atoms with E-state index in [1.165, 1.54) is 14.7 Å². The van der Waals surface area contributed by atoms with Crippen molar-refractivity contribution in [2.75, 3.05) is 0 Å². The minimum absolute atomic E-state index is 0.785. The van der Waals surface area contributed by atoms with Gasteiger partial charge in [-0.2, -0.15) is 0 Å². The molecule has 242 valence electrons. The number of imidazole rings is 3. The summed E-state index contributed by atoms with van der Waals surface area (Å²) in [6, 6.07) is 50.9. The molecule has 10 rings (SSSR count). The maximum atomic E-state index is 5.23. The van der Waals surface area contributed by atoms with E-state index in [4.69, 9.17) is 15.0 Å². The van der Waals surface area contributed by atoms with E-state index in [1.54, 1.807) is 35.3 Å². The van der Waals surface area contributed by atoms with Gasteiger partial charge in [0, 0.05) is 29.4 Å². The number of rotatable bonds is 6. The summed E-state index contributed by atoms with van der Waals surface area (Å²) in [6.07, 6.45) is 0. The first-order chi connectivity index (χ1) is 24.7. The molecule has 0 atom stereocenters. The van der Waals surface area contributed by atoms with E-state index >= 15 is 0 Å². The third kappa shape index (κ3) is 5.38. The third-order valence-electron chi connectivity index (χ3n) is 8.36. The van der Waals surface area contributed by atoms with Gasteiger partial charge in [-0.1, -0.05) is 104 Å². The molecule has 0 saturated heterocycles. The lowest BCUT2D eigenvalue weighted by Crippen LogP contribution is -2.04. The average molecular weight is 703 g/mol. The zero-order chi connectivity index (χ0) is 33.6. The summed E-state index contributed by atoms with van der Waals surface area (Å²) >= 11 is 5.24. The molecule has 10 aromatic rings. The van der Waals surface area contributed by atoms with Crippen molar-refractivity contribution in [1.82, 2.24) is 28.2 Å². The molecule has 0 amide bonds. The Morgan fingerprint density at radius 3 is 0.900 bits per heavy atom. The van der Waals surface area contributed by atoms with Crippen LogP contribution in [0.15, 0.2) is 175 Å². The Hall–Kier alpha value is -5.22. The predicted molar refractivity (Wildman–Crippen MR) is 208 cm³/mol. The topological polar surface area (TPSA) is 51.9 Å². The number of hydrogen-bond donors (Lipinski definition) is 0. The van der Waals surface area contributed by atoms with Crippen molar-refractivity contribution in [3.63, 3.8) is 0 Å². The second-order valence-electron chi connectivity index (χ2n) is 11.4. The lowest BCUT2D eigenvalue weighted by Gasteiger charge is -2.07. The van der Waals surface area contributed by atoms with Crippen LogP contribution >= 0.6 is 35.3 Å². The highest BCUT2D eigenvalue weighted by Crippen LogP contribution is 2.36. The number of benzene rings is 6. The molecule has 0 spiro atoms. The number of fused-ring (bicyclic) bond motifs is 12. The highest BCUT2D eigenvalue weighted by molar-refractivity contribution is 7.99. The van der Waals surface area contributed by atoms with Gasteiger partial charge in [-0.25, -0.2) is 28.2 Å². The van der Waals surface area contributed by atoms with Gasteiger partial charge in [0.1, 0.15) is 0 Å². The summed E-state index contributed by atoms with van der Waals surface area (Å²) in [5.74, 6) is 2.36. The van der Waals surface area contributed by atoms with Crippen LogP contribution in [-0.2, 0) is 0 Å². The highest BCUT2D eigenvalue weighted by Gasteiger charge is 2.22. The molecule has 0 aliphatic carbocycles. The fourth-order valence-corrected chi connectivity index (χ4v) is 8.85. The van der Waals surface area contributed by atoms with Crippen LogP contribution in [0.4, 0.5) is 0 Å². The van der Waals surface area contributed by atoms with E-state index in [2.05, 4.69) is 141 Å². The highest BCUT2D eigenvalue weighted by atomic mass is 32.2. The molecule has 0 radical (unpaired) electrons. The van der Waals surface area contributed by atoms with Crippen molar-refractivity contribution in [3.8, 4) is 0 Å². The minimum Gasteiger partial charge on any atom is -0.247 e. The van der Waals surface area contributed by atoms with Gasteiger partial charge in [0.2, 0.25) is 17.3 Å². The van der Waals surface area contributed by atoms with E-state index in [0.717, 1.165) is 65.1 Å². The van der Waals surface area contributed by atoms with Gasteiger partial charge in [0.15, 0.2) is 0 Å². The van der Waals surface area contributed by atoms with Gasteiger partial charge in [-0.05, 0) is 91.0 Å². The molecular weight excluding hydrogens is 673 g/mol. The molecule has 9 heteroatoms. The average Bonchev–Trinajstić information content (AvgIpc) is 3.85. The van der Waals surface area contributed by atoms with Crippen molar-refractivity contribution in [3.05, 3.63) is 146 Å². The molecule has 0 aliphatic rings. The molecule has 0 saturated carbocycles. The molecule has 0 N–H and O–H groups in total. The molecule has 6 aromatic carbocycles. The number of nitrogens with zero attached hydrogens (tertiary/aromatic N) is 6. The Kier molecular flexibility index (Phi) is 7.96. The quantitative estimate of drug-likeness (QED) is 0.172. The Morgan fingerprint density at radius 1 is 0.340 bits per heavy atom. The molecule has 0 fully saturated rings. The fourth-order valence-electron chi connectivity index (χ4n) is 6.23. The van der Waals surface area contributed by atoms with Crippen LogP contribution in [0.1, 0.15) is 13.8 Å². The van der Waals surface area contributed by atoms with Crippen LogP contribution in [0.3, 0.4) is 0 Å². The van der Waals surface area contributed by atoms with E-state index in [1.807, 2.05) is 32.0 Å². The van der Waals surface area contributed by atoms with Gasteiger partial charge < -0.3 is 0 Å². The van der Waals surface area contributed by atoms with Crippen LogP contribution in [0.2, 0.25) is 0 Å². The Balaban J connectivity index is 0.00000165. The SMILES string of the molecule is CC.c1ccc(Sc2ccc3nc4n(c3c2)c2nc3ccc(Sc5ccccc5)cc3n2c2nc3ccc(Sc5ccccc5)cc3n42)cc1. The second-order valence-corrected chi connectivity index (χ2v) is 14.9. The number of hydrogen-bond acceptors (Lipinski definition) is 6. The Bertz CT molecular complexity index is 2470.